The number of hydrogen-bond donors (Lipinski definition) is 2. The van der Waals surface area contributed by atoms with Gasteiger partial charge in [-0.1, -0.05) is 18.2 Å². The lowest BCUT2D eigenvalue weighted by atomic mass is 10.1. The number of hydrogen-bond acceptors (Lipinski definition) is 3. The summed E-state index contributed by atoms with van der Waals surface area (Å²) in [5, 5.41) is 3.65. The van der Waals surface area contributed by atoms with Gasteiger partial charge in [-0.3, -0.25) is 4.79 Å². The Morgan fingerprint density at radius 3 is 2.57 bits per heavy atom. The molecule has 158 valence electrons. The third kappa shape index (κ3) is 4.28. The Morgan fingerprint density at radius 1 is 1.10 bits per heavy atom. The number of aromatic nitrogens is 1. The molecule has 0 atom stereocenters. The molecule has 0 saturated carbocycles. The monoisotopic (exact) mass is 416 g/mol. The van der Waals surface area contributed by atoms with Crippen molar-refractivity contribution in [2.75, 3.05) is 43.4 Å². The average Bonchev–Trinajstić information content (AvgIpc) is 3.11. The van der Waals surface area contributed by atoms with Crippen LogP contribution >= 0.6 is 0 Å². The summed E-state index contributed by atoms with van der Waals surface area (Å²) >= 11 is 0. The number of aromatic amines is 1. The van der Waals surface area contributed by atoms with Crippen molar-refractivity contribution in [1.82, 2.24) is 9.88 Å². The molecule has 1 aromatic heterocycles. The number of para-hydroxylation sites is 1. The number of rotatable bonds is 4. The van der Waals surface area contributed by atoms with Crippen LogP contribution in [-0.2, 0) is 17.4 Å². The second-order valence-electron chi connectivity index (χ2n) is 7.60. The molecule has 1 fully saturated rings. The van der Waals surface area contributed by atoms with Crippen molar-refractivity contribution >= 4 is 28.2 Å². The standard InChI is InChI=1S/C22H23F3N4O/c1-28-8-10-29(11-9-28)20-7-6-16(22(23,24)25)13-19(20)27-21(30)12-15-14-26-18-5-3-2-4-17(15)18/h2-7,13-14,26H,8-12H2,1H3,(H,27,30). The molecule has 2 heterocycles. The zero-order valence-corrected chi connectivity index (χ0v) is 16.6. The van der Waals surface area contributed by atoms with E-state index in [0.29, 0.717) is 18.8 Å². The van der Waals surface area contributed by atoms with Gasteiger partial charge < -0.3 is 20.1 Å². The smallest absolute Gasteiger partial charge is 0.367 e. The van der Waals surface area contributed by atoms with E-state index in [1.807, 2.05) is 36.2 Å². The van der Waals surface area contributed by atoms with Crippen LogP contribution in [0.2, 0.25) is 0 Å². The molecule has 4 rings (SSSR count). The minimum absolute atomic E-state index is 0.0719. The number of halogens is 3. The number of anilines is 2. The highest BCUT2D eigenvalue weighted by atomic mass is 19.4. The number of likely N-dealkylation sites (N-methyl/N-ethyl adjacent to an activating group) is 1. The van der Waals surface area contributed by atoms with E-state index < -0.39 is 11.7 Å². The Morgan fingerprint density at radius 2 is 1.83 bits per heavy atom. The van der Waals surface area contributed by atoms with Crippen molar-refractivity contribution in [3.63, 3.8) is 0 Å². The first kappa shape index (κ1) is 20.3. The lowest BCUT2D eigenvalue weighted by Crippen LogP contribution is -2.44. The maximum Gasteiger partial charge on any atom is 0.416 e. The topological polar surface area (TPSA) is 51.4 Å². The van der Waals surface area contributed by atoms with E-state index in [4.69, 9.17) is 0 Å². The third-order valence-corrected chi connectivity index (χ3v) is 5.47. The van der Waals surface area contributed by atoms with Crippen LogP contribution in [0.15, 0.2) is 48.7 Å². The van der Waals surface area contributed by atoms with Crippen LogP contribution in [0.1, 0.15) is 11.1 Å². The van der Waals surface area contributed by atoms with Gasteiger partial charge in [0.25, 0.3) is 0 Å². The SMILES string of the molecule is CN1CCN(c2ccc(C(F)(F)F)cc2NC(=O)Cc2c[nH]c3ccccc23)CC1. The first-order valence-corrected chi connectivity index (χ1v) is 9.81. The third-order valence-electron chi connectivity index (χ3n) is 5.47. The van der Waals surface area contributed by atoms with Gasteiger partial charge in [0, 0.05) is 43.3 Å². The molecule has 2 N–H and O–H groups in total. The van der Waals surface area contributed by atoms with E-state index in [2.05, 4.69) is 15.2 Å². The summed E-state index contributed by atoms with van der Waals surface area (Å²) in [7, 11) is 2.01. The summed E-state index contributed by atoms with van der Waals surface area (Å²) in [5.41, 5.74) is 1.75. The van der Waals surface area contributed by atoms with Crippen molar-refractivity contribution in [1.29, 1.82) is 0 Å². The summed E-state index contributed by atoms with van der Waals surface area (Å²) in [6.07, 6.45) is -2.64. The van der Waals surface area contributed by atoms with Crippen molar-refractivity contribution in [3.8, 4) is 0 Å². The van der Waals surface area contributed by atoms with Crippen molar-refractivity contribution in [3.05, 3.63) is 59.8 Å². The summed E-state index contributed by atoms with van der Waals surface area (Å²) < 4.78 is 39.8. The molecule has 2 aromatic carbocycles. The Balaban J connectivity index is 1.59. The molecule has 0 aliphatic carbocycles. The summed E-state index contributed by atoms with van der Waals surface area (Å²) in [4.78, 5) is 20.0. The average molecular weight is 416 g/mol. The van der Waals surface area contributed by atoms with E-state index in [1.54, 1.807) is 6.20 Å². The lowest BCUT2D eigenvalue weighted by molar-refractivity contribution is -0.137. The number of carbonyl (C=O) groups is 1. The molecule has 1 aliphatic rings. The fourth-order valence-corrected chi connectivity index (χ4v) is 3.78. The zero-order valence-electron chi connectivity index (χ0n) is 16.6. The number of benzene rings is 2. The summed E-state index contributed by atoms with van der Waals surface area (Å²) in [6, 6.07) is 11.2. The highest BCUT2D eigenvalue weighted by Gasteiger charge is 2.32. The van der Waals surface area contributed by atoms with Gasteiger partial charge in [-0.25, -0.2) is 0 Å². The maximum atomic E-state index is 13.3. The highest BCUT2D eigenvalue weighted by molar-refractivity contribution is 5.98. The van der Waals surface area contributed by atoms with Gasteiger partial charge in [0.2, 0.25) is 5.91 Å². The first-order chi connectivity index (χ1) is 14.3. The van der Waals surface area contributed by atoms with Crippen LogP contribution in [-0.4, -0.2) is 49.0 Å². The number of alkyl halides is 3. The van der Waals surface area contributed by atoms with Gasteiger partial charge in [-0.15, -0.1) is 0 Å². The van der Waals surface area contributed by atoms with Gasteiger partial charge in [-0.05, 0) is 36.9 Å². The molecule has 3 aromatic rings. The second kappa shape index (κ2) is 8.02. The van der Waals surface area contributed by atoms with Crippen molar-refractivity contribution in [2.45, 2.75) is 12.6 Å². The minimum atomic E-state index is -4.48. The molecule has 0 bridgehead atoms. The fourth-order valence-electron chi connectivity index (χ4n) is 3.78. The van der Waals surface area contributed by atoms with E-state index in [1.165, 1.54) is 6.07 Å². The molecular weight excluding hydrogens is 393 g/mol. The van der Waals surface area contributed by atoms with Crippen molar-refractivity contribution in [2.24, 2.45) is 0 Å². The molecule has 0 unspecified atom stereocenters. The molecule has 0 spiro atoms. The Bertz CT molecular complexity index is 1050. The van der Waals surface area contributed by atoms with E-state index in [-0.39, 0.29) is 18.0 Å². The second-order valence-corrected chi connectivity index (χ2v) is 7.60. The molecule has 30 heavy (non-hydrogen) atoms. The number of amides is 1. The number of nitrogens with one attached hydrogen (secondary N) is 2. The fraction of sp³-hybridized carbons (Fsp3) is 0.318. The first-order valence-electron chi connectivity index (χ1n) is 9.81. The Labute approximate surface area is 172 Å². The number of fused-ring (bicyclic) bond motifs is 1. The molecule has 1 saturated heterocycles. The van der Waals surface area contributed by atoms with Crippen LogP contribution in [0.3, 0.4) is 0 Å². The molecule has 5 nitrogen and oxygen atoms in total. The summed E-state index contributed by atoms with van der Waals surface area (Å²) in [5.74, 6) is -0.352. The molecule has 1 amide bonds. The lowest BCUT2D eigenvalue weighted by Gasteiger charge is -2.35. The number of nitrogens with zero attached hydrogens (tertiary/aromatic N) is 2. The molecule has 0 radical (unpaired) electrons. The Hall–Kier alpha value is -3.00. The van der Waals surface area contributed by atoms with Gasteiger partial charge >= 0.3 is 6.18 Å². The number of H-pyrrole nitrogens is 1. The van der Waals surface area contributed by atoms with Gasteiger partial charge in [-0.2, -0.15) is 13.2 Å². The molecule has 8 heteroatoms. The van der Waals surface area contributed by atoms with Crippen LogP contribution in [0.25, 0.3) is 10.9 Å². The van der Waals surface area contributed by atoms with E-state index in [9.17, 15) is 18.0 Å². The van der Waals surface area contributed by atoms with Crippen molar-refractivity contribution < 1.29 is 18.0 Å². The van der Waals surface area contributed by atoms with Gasteiger partial charge in [0.1, 0.15) is 0 Å². The van der Waals surface area contributed by atoms with E-state index in [0.717, 1.165) is 41.7 Å². The van der Waals surface area contributed by atoms with Crippen LogP contribution in [0, 0.1) is 0 Å². The minimum Gasteiger partial charge on any atom is -0.367 e. The highest BCUT2D eigenvalue weighted by Crippen LogP contribution is 2.36. The quantitative estimate of drug-likeness (QED) is 0.673. The Kier molecular flexibility index (Phi) is 5.42. The maximum absolute atomic E-state index is 13.3. The van der Waals surface area contributed by atoms with Crippen LogP contribution < -0.4 is 10.2 Å². The predicted molar refractivity (Wildman–Crippen MR) is 112 cm³/mol. The molecular formula is C22H23F3N4O. The van der Waals surface area contributed by atoms with Crippen LogP contribution in [0.4, 0.5) is 24.5 Å². The molecule has 1 aliphatic heterocycles. The predicted octanol–water partition coefficient (Wildman–Crippen LogP) is 4.12. The summed E-state index contributed by atoms with van der Waals surface area (Å²) in [6.45, 7) is 2.99. The van der Waals surface area contributed by atoms with Gasteiger partial charge in [0.05, 0.1) is 23.4 Å². The van der Waals surface area contributed by atoms with Gasteiger partial charge in [0.15, 0.2) is 0 Å². The normalized spacial score (nSPS) is 15.5. The zero-order chi connectivity index (χ0) is 21.3. The number of carbonyl (C=O) groups excluding carboxylic acids is 1. The largest absolute Gasteiger partial charge is 0.416 e. The van der Waals surface area contributed by atoms with E-state index >= 15 is 0 Å². The van der Waals surface area contributed by atoms with Crippen LogP contribution in [0.5, 0.6) is 0 Å². The number of piperazine rings is 1.